The lowest BCUT2D eigenvalue weighted by molar-refractivity contribution is 0.463. The molecule has 2 aromatic rings. The normalized spacial score (nSPS) is 10.3. The van der Waals surface area contributed by atoms with Crippen molar-refractivity contribution in [1.29, 1.82) is 0 Å². The van der Waals surface area contributed by atoms with Crippen molar-refractivity contribution in [2.45, 2.75) is 6.54 Å². The van der Waals surface area contributed by atoms with Gasteiger partial charge in [-0.25, -0.2) is 4.98 Å². The van der Waals surface area contributed by atoms with Crippen molar-refractivity contribution in [3.63, 3.8) is 0 Å². The van der Waals surface area contributed by atoms with Crippen molar-refractivity contribution in [2.75, 3.05) is 0 Å². The van der Waals surface area contributed by atoms with Gasteiger partial charge in [-0.05, 0) is 29.8 Å². The monoisotopic (exact) mass is 268 g/mol. The van der Waals surface area contributed by atoms with Crippen molar-refractivity contribution < 1.29 is 4.74 Å². The van der Waals surface area contributed by atoms with Crippen LogP contribution in [-0.4, -0.2) is 4.98 Å². The molecule has 0 unspecified atom stereocenters. The van der Waals surface area contributed by atoms with Crippen molar-refractivity contribution >= 4 is 23.2 Å². The number of benzene rings is 1. The lowest BCUT2D eigenvalue weighted by Gasteiger charge is -2.07. The second-order valence-corrected chi connectivity index (χ2v) is 4.24. The van der Waals surface area contributed by atoms with Crippen LogP contribution < -0.4 is 10.5 Å². The number of hydrogen-bond acceptors (Lipinski definition) is 3. The molecular formula is C12H10Cl2N2O. The Kier molecular flexibility index (Phi) is 3.84. The summed E-state index contributed by atoms with van der Waals surface area (Å²) in [5, 5.41) is 1.02. The number of aromatic nitrogens is 1. The zero-order valence-electron chi connectivity index (χ0n) is 8.86. The fourth-order valence-corrected chi connectivity index (χ4v) is 1.70. The van der Waals surface area contributed by atoms with Gasteiger partial charge in [0.25, 0.3) is 0 Å². The largest absolute Gasteiger partial charge is 0.437 e. The highest BCUT2D eigenvalue weighted by molar-refractivity contribution is 6.32. The van der Waals surface area contributed by atoms with Gasteiger partial charge < -0.3 is 10.5 Å². The molecule has 0 fully saturated rings. The van der Waals surface area contributed by atoms with E-state index in [1.165, 1.54) is 0 Å². The number of ether oxygens (including phenoxy) is 1. The Morgan fingerprint density at radius 3 is 2.71 bits per heavy atom. The minimum Gasteiger partial charge on any atom is -0.437 e. The van der Waals surface area contributed by atoms with Crippen molar-refractivity contribution in [2.24, 2.45) is 5.73 Å². The molecule has 0 saturated heterocycles. The van der Waals surface area contributed by atoms with E-state index in [1.807, 2.05) is 0 Å². The van der Waals surface area contributed by atoms with Gasteiger partial charge in [0.05, 0.1) is 0 Å². The van der Waals surface area contributed by atoms with Crippen molar-refractivity contribution in [1.82, 2.24) is 4.98 Å². The second kappa shape index (κ2) is 5.36. The Labute approximate surface area is 109 Å². The topological polar surface area (TPSA) is 48.1 Å². The molecular weight excluding hydrogens is 259 g/mol. The van der Waals surface area contributed by atoms with E-state index in [0.717, 1.165) is 5.56 Å². The molecule has 17 heavy (non-hydrogen) atoms. The standard InChI is InChI=1S/C12H10Cl2N2O/c13-9-2-1-3-10(5-9)17-12-11(14)4-8(6-15)7-16-12/h1-5,7H,6,15H2. The summed E-state index contributed by atoms with van der Waals surface area (Å²) in [7, 11) is 0. The fourth-order valence-electron chi connectivity index (χ4n) is 1.29. The van der Waals surface area contributed by atoms with E-state index in [9.17, 15) is 0 Å². The molecule has 1 heterocycles. The molecule has 0 aliphatic heterocycles. The van der Waals surface area contributed by atoms with Crippen LogP contribution in [0.4, 0.5) is 0 Å². The third-order valence-corrected chi connectivity index (χ3v) is 2.62. The van der Waals surface area contributed by atoms with Gasteiger partial charge in [-0.15, -0.1) is 0 Å². The Bertz CT molecular complexity index is 532. The number of hydrogen-bond donors (Lipinski definition) is 1. The minimum absolute atomic E-state index is 0.339. The molecule has 2 rings (SSSR count). The van der Waals surface area contributed by atoms with Crippen LogP contribution in [0.2, 0.25) is 10.0 Å². The molecule has 0 spiro atoms. The highest BCUT2D eigenvalue weighted by atomic mass is 35.5. The third-order valence-electron chi connectivity index (χ3n) is 2.11. The van der Waals surface area contributed by atoms with Crippen LogP contribution in [0.15, 0.2) is 36.5 Å². The first-order valence-electron chi connectivity index (χ1n) is 4.97. The Morgan fingerprint density at radius 2 is 2.06 bits per heavy atom. The van der Waals surface area contributed by atoms with Gasteiger partial charge in [-0.3, -0.25) is 0 Å². The summed E-state index contributed by atoms with van der Waals surface area (Å²) in [5.74, 6) is 0.929. The van der Waals surface area contributed by atoms with Crippen LogP contribution >= 0.6 is 23.2 Å². The molecule has 0 atom stereocenters. The van der Waals surface area contributed by atoms with Gasteiger partial charge >= 0.3 is 0 Å². The summed E-state index contributed by atoms with van der Waals surface area (Å²) < 4.78 is 5.52. The first-order valence-corrected chi connectivity index (χ1v) is 5.72. The molecule has 0 saturated carbocycles. The highest BCUT2D eigenvalue weighted by Crippen LogP contribution is 2.28. The maximum Gasteiger partial charge on any atom is 0.238 e. The molecule has 88 valence electrons. The van der Waals surface area contributed by atoms with Crippen LogP contribution in [0.3, 0.4) is 0 Å². The van der Waals surface area contributed by atoms with Gasteiger partial charge in [0.2, 0.25) is 5.88 Å². The summed E-state index contributed by atoms with van der Waals surface area (Å²) in [6.07, 6.45) is 1.63. The number of nitrogens with two attached hydrogens (primary N) is 1. The molecule has 0 bridgehead atoms. The Hall–Kier alpha value is -1.29. The Morgan fingerprint density at radius 1 is 1.24 bits per heavy atom. The smallest absolute Gasteiger partial charge is 0.238 e. The van der Waals surface area contributed by atoms with E-state index in [4.69, 9.17) is 33.7 Å². The molecule has 0 amide bonds. The first kappa shape index (κ1) is 12.2. The lowest BCUT2D eigenvalue weighted by Crippen LogP contribution is -1.98. The third kappa shape index (κ3) is 3.09. The molecule has 1 aromatic carbocycles. The zero-order chi connectivity index (χ0) is 12.3. The van der Waals surface area contributed by atoms with Gasteiger partial charge in [0.1, 0.15) is 10.8 Å². The summed E-state index contributed by atoms with van der Waals surface area (Å²) in [6, 6.07) is 8.76. The molecule has 2 N–H and O–H groups in total. The van der Waals surface area contributed by atoms with Crippen LogP contribution in [-0.2, 0) is 6.54 Å². The van der Waals surface area contributed by atoms with E-state index in [-0.39, 0.29) is 0 Å². The highest BCUT2D eigenvalue weighted by Gasteiger charge is 2.06. The van der Waals surface area contributed by atoms with Crippen LogP contribution in [0.25, 0.3) is 0 Å². The first-order chi connectivity index (χ1) is 8.19. The quantitative estimate of drug-likeness (QED) is 0.925. The van der Waals surface area contributed by atoms with Crippen molar-refractivity contribution in [3.8, 4) is 11.6 Å². The van der Waals surface area contributed by atoms with Crippen LogP contribution in [0, 0.1) is 0 Å². The molecule has 0 aliphatic carbocycles. The molecule has 3 nitrogen and oxygen atoms in total. The fraction of sp³-hybridized carbons (Fsp3) is 0.0833. The van der Waals surface area contributed by atoms with E-state index in [0.29, 0.717) is 28.2 Å². The number of nitrogens with zero attached hydrogens (tertiary/aromatic N) is 1. The summed E-state index contributed by atoms with van der Waals surface area (Å²) >= 11 is 11.9. The van der Waals surface area contributed by atoms with E-state index < -0.39 is 0 Å². The minimum atomic E-state index is 0.339. The summed E-state index contributed by atoms with van der Waals surface area (Å²) in [5.41, 5.74) is 6.34. The average molecular weight is 269 g/mol. The van der Waals surface area contributed by atoms with E-state index >= 15 is 0 Å². The van der Waals surface area contributed by atoms with Crippen LogP contribution in [0.5, 0.6) is 11.6 Å². The average Bonchev–Trinajstić information content (AvgIpc) is 2.32. The summed E-state index contributed by atoms with van der Waals surface area (Å²) in [6.45, 7) is 0.393. The van der Waals surface area contributed by atoms with Gasteiger partial charge in [-0.2, -0.15) is 0 Å². The van der Waals surface area contributed by atoms with Gasteiger partial charge in [-0.1, -0.05) is 29.3 Å². The van der Waals surface area contributed by atoms with E-state index in [1.54, 1.807) is 36.5 Å². The maximum atomic E-state index is 6.02. The van der Waals surface area contributed by atoms with E-state index in [2.05, 4.69) is 4.98 Å². The molecule has 1 aromatic heterocycles. The van der Waals surface area contributed by atoms with Gasteiger partial charge in [0, 0.05) is 17.8 Å². The summed E-state index contributed by atoms with van der Waals surface area (Å²) in [4.78, 5) is 4.10. The number of halogens is 2. The lowest BCUT2D eigenvalue weighted by atomic mass is 10.3. The predicted molar refractivity (Wildman–Crippen MR) is 68.7 cm³/mol. The maximum absolute atomic E-state index is 6.02. The number of pyridine rings is 1. The Balaban J connectivity index is 2.24. The SMILES string of the molecule is NCc1cnc(Oc2cccc(Cl)c2)c(Cl)c1. The molecule has 0 aliphatic rings. The molecule has 0 radical (unpaired) electrons. The molecule has 5 heteroatoms. The van der Waals surface area contributed by atoms with Crippen molar-refractivity contribution in [3.05, 3.63) is 52.1 Å². The predicted octanol–water partition coefficient (Wildman–Crippen LogP) is 3.64. The van der Waals surface area contributed by atoms with Crippen LogP contribution in [0.1, 0.15) is 5.56 Å². The zero-order valence-corrected chi connectivity index (χ0v) is 10.4. The second-order valence-electron chi connectivity index (χ2n) is 3.39. The van der Waals surface area contributed by atoms with Gasteiger partial charge in [0.15, 0.2) is 0 Å². The number of rotatable bonds is 3.